The topological polar surface area (TPSA) is 61.1 Å². The first-order chi connectivity index (χ1) is 14.2. The van der Waals surface area contributed by atoms with Gasteiger partial charge in [0.05, 0.1) is 13.2 Å². The fourth-order valence-corrected chi connectivity index (χ4v) is 4.28. The monoisotopic (exact) mass is 393 g/mol. The third kappa shape index (κ3) is 2.99. The lowest BCUT2D eigenvalue weighted by Gasteiger charge is -2.26. The average molecular weight is 393 g/mol. The fraction of sp³-hybridized carbons (Fsp3) is 0.348. The van der Waals surface area contributed by atoms with Crippen molar-refractivity contribution in [3.63, 3.8) is 0 Å². The Labute approximate surface area is 168 Å². The number of rotatable bonds is 3. The van der Waals surface area contributed by atoms with Crippen molar-refractivity contribution in [2.75, 3.05) is 26.9 Å². The summed E-state index contributed by atoms with van der Waals surface area (Å²) in [5.74, 6) is 2.58. The summed E-state index contributed by atoms with van der Waals surface area (Å²) in [7, 11) is 1.63. The second-order valence-electron chi connectivity index (χ2n) is 7.48. The van der Waals surface area contributed by atoms with Crippen LogP contribution in [0.3, 0.4) is 0 Å². The molecule has 5 rings (SSSR count). The van der Waals surface area contributed by atoms with Gasteiger partial charge in [-0.1, -0.05) is 6.07 Å². The molecule has 29 heavy (non-hydrogen) atoms. The van der Waals surface area contributed by atoms with Crippen molar-refractivity contribution in [3.05, 3.63) is 53.3 Å². The first-order valence-electron chi connectivity index (χ1n) is 9.93. The molecule has 0 bridgehead atoms. The second-order valence-corrected chi connectivity index (χ2v) is 7.48. The Morgan fingerprint density at radius 1 is 1.10 bits per heavy atom. The lowest BCUT2D eigenvalue weighted by atomic mass is 10.0. The van der Waals surface area contributed by atoms with E-state index in [0.29, 0.717) is 31.1 Å². The van der Waals surface area contributed by atoms with E-state index in [1.807, 2.05) is 48.2 Å². The van der Waals surface area contributed by atoms with Gasteiger partial charge in [0.1, 0.15) is 24.5 Å². The van der Waals surface area contributed by atoms with Crippen molar-refractivity contribution in [1.82, 2.24) is 4.90 Å². The Balaban J connectivity index is 1.48. The van der Waals surface area contributed by atoms with Gasteiger partial charge < -0.3 is 23.5 Å². The highest BCUT2D eigenvalue weighted by Crippen LogP contribution is 2.39. The maximum Gasteiger partial charge on any atom is 0.290 e. The number of hydrogen-bond donors (Lipinski definition) is 0. The van der Waals surface area contributed by atoms with Crippen molar-refractivity contribution in [2.45, 2.75) is 25.8 Å². The van der Waals surface area contributed by atoms with Crippen LogP contribution in [0.1, 0.15) is 40.6 Å². The molecular weight excluding hydrogens is 370 g/mol. The van der Waals surface area contributed by atoms with Gasteiger partial charge in [-0.2, -0.15) is 0 Å². The molecule has 150 valence electrons. The largest absolute Gasteiger partial charge is 0.497 e. The maximum absolute atomic E-state index is 13.4. The van der Waals surface area contributed by atoms with Crippen LogP contribution in [0.5, 0.6) is 17.2 Å². The molecule has 1 atom stereocenters. The molecule has 0 saturated carbocycles. The summed E-state index contributed by atoms with van der Waals surface area (Å²) in [6.45, 7) is 3.74. The Hall–Kier alpha value is -3.15. The number of amides is 1. The molecule has 1 fully saturated rings. The molecule has 6 heteroatoms. The standard InChI is InChI=1S/C23H23NO5/c1-14-17-13-16(26-2)6-8-19(17)29-22(14)23(25)24-9-3-4-18(24)15-5-7-20-21(12-15)28-11-10-27-20/h5-8,12-13,18H,3-4,9-11H2,1-2H3/t18-/m0/s1. The number of nitrogens with zero attached hydrogens (tertiary/aromatic N) is 1. The van der Waals surface area contributed by atoms with Gasteiger partial charge >= 0.3 is 0 Å². The zero-order valence-corrected chi connectivity index (χ0v) is 16.6. The zero-order valence-electron chi connectivity index (χ0n) is 16.6. The smallest absolute Gasteiger partial charge is 0.290 e. The molecule has 0 unspecified atom stereocenters. The van der Waals surface area contributed by atoms with Gasteiger partial charge in [0.25, 0.3) is 5.91 Å². The SMILES string of the molecule is COc1ccc2oc(C(=O)N3CCC[C@H]3c3ccc4c(c3)OCCO4)c(C)c2c1. The van der Waals surface area contributed by atoms with Crippen LogP contribution in [0, 0.1) is 6.92 Å². The number of methoxy groups -OCH3 is 1. The minimum atomic E-state index is -0.0740. The Morgan fingerprint density at radius 3 is 2.76 bits per heavy atom. The molecular formula is C23H23NO5. The molecule has 2 aliphatic rings. The van der Waals surface area contributed by atoms with Crippen molar-refractivity contribution in [3.8, 4) is 17.2 Å². The van der Waals surface area contributed by atoms with E-state index in [-0.39, 0.29) is 11.9 Å². The summed E-state index contributed by atoms with van der Waals surface area (Å²) in [6, 6.07) is 11.6. The maximum atomic E-state index is 13.4. The summed E-state index contributed by atoms with van der Waals surface area (Å²) in [4.78, 5) is 15.3. The minimum Gasteiger partial charge on any atom is -0.497 e. The molecule has 2 aromatic carbocycles. The molecule has 3 aromatic rings. The molecule has 0 spiro atoms. The Bertz CT molecular complexity index is 1090. The van der Waals surface area contributed by atoms with Gasteiger partial charge in [0.2, 0.25) is 0 Å². The number of carbonyl (C=O) groups is 1. The third-order valence-electron chi connectivity index (χ3n) is 5.80. The third-order valence-corrected chi connectivity index (χ3v) is 5.80. The van der Waals surface area contributed by atoms with Crippen LogP contribution in [0.2, 0.25) is 0 Å². The quantitative estimate of drug-likeness (QED) is 0.656. The lowest BCUT2D eigenvalue weighted by Crippen LogP contribution is -2.30. The summed E-state index contributed by atoms with van der Waals surface area (Å²) in [5, 5.41) is 0.905. The first kappa shape index (κ1) is 17.9. The normalized spacial score (nSPS) is 18.3. The van der Waals surface area contributed by atoms with Crippen molar-refractivity contribution in [1.29, 1.82) is 0 Å². The molecule has 0 radical (unpaired) electrons. The number of fused-ring (bicyclic) bond motifs is 2. The van der Waals surface area contributed by atoms with Gasteiger partial charge in [-0.3, -0.25) is 4.79 Å². The highest BCUT2D eigenvalue weighted by atomic mass is 16.6. The predicted octanol–water partition coefficient (Wildman–Crippen LogP) is 4.50. The lowest BCUT2D eigenvalue weighted by molar-refractivity contribution is 0.0704. The summed E-state index contributed by atoms with van der Waals surface area (Å²) in [5.41, 5.74) is 2.61. The molecule has 0 aliphatic carbocycles. The minimum absolute atomic E-state index is 0.000440. The Kier molecular flexibility index (Phi) is 4.34. The van der Waals surface area contributed by atoms with Gasteiger partial charge in [0.15, 0.2) is 17.3 Å². The number of furan rings is 1. The fourth-order valence-electron chi connectivity index (χ4n) is 4.28. The Morgan fingerprint density at radius 2 is 1.93 bits per heavy atom. The number of hydrogen-bond acceptors (Lipinski definition) is 5. The summed E-state index contributed by atoms with van der Waals surface area (Å²) < 4.78 is 22.6. The number of benzene rings is 2. The molecule has 2 aliphatic heterocycles. The van der Waals surface area contributed by atoms with E-state index in [0.717, 1.165) is 46.6 Å². The number of carbonyl (C=O) groups excluding carboxylic acids is 1. The van der Waals surface area contributed by atoms with E-state index in [4.69, 9.17) is 18.6 Å². The zero-order chi connectivity index (χ0) is 20.0. The van der Waals surface area contributed by atoms with E-state index in [2.05, 4.69) is 0 Å². The van der Waals surface area contributed by atoms with Gasteiger partial charge in [-0.05, 0) is 55.7 Å². The van der Waals surface area contributed by atoms with Crippen LogP contribution < -0.4 is 14.2 Å². The van der Waals surface area contributed by atoms with Crippen LogP contribution in [-0.4, -0.2) is 37.7 Å². The highest BCUT2D eigenvalue weighted by Gasteiger charge is 2.34. The first-order valence-corrected chi connectivity index (χ1v) is 9.93. The average Bonchev–Trinajstić information content (AvgIpc) is 3.38. The van der Waals surface area contributed by atoms with E-state index < -0.39 is 0 Å². The van der Waals surface area contributed by atoms with Crippen LogP contribution >= 0.6 is 0 Å². The van der Waals surface area contributed by atoms with Gasteiger partial charge in [-0.25, -0.2) is 0 Å². The van der Waals surface area contributed by atoms with E-state index in [1.165, 1.54) is 0 Å². The van der Waals surface area contributed by atoms with Gasteiger partial charge in [-0.15, -0.1) is 0 Å². The van der Waals surface area contributed by atoms with Crippen LogP contribution in [0.25, 0.3) is 11.0 Å². The molecule has 3 heterocycles. The van der Waals surface area contributed by atoms with Crippen LogP contribution in [-0.2, 0) is 0 Å². The molecule has 1 aromatic heterocycles. The molecule has 1 saturated heterocycles. The van der Waals surface area contributed by atoms with E-state index >= 15 is 0 Å². The second kappa shape index (κ2) is 7.03. The van der Waals surface area contributed by atoms with Crippen molar-refractivity contribution < 1.29 is 23.4 Å². The van der Waals surface area contributed by atoms with Crippen LogP contribution in [0.4, 0.5) is 0 Å². The summed E-state index contributed by atoms with van der Waals surface area (Å²) >= 11 is 0. The van der Waals surface area contributed by atoms with E-state index in [1.54, 1.807) is 7.11 Å². The predicted molar refractivity (Wildman–Crippen MR) is 108 cm³/mol. The molecule has 0 N–H and O–H groups in total. The van der Waals surface area contributed by atoms with E-state index in [9.17, 15) is 4.79 Å². The number of ether oxygens (including phenoxy) is 3. The number of aryl methyl sites for hydroxylation is 1. The van der Waals surface area contributed by atoms with Crippen molar-refractivity contribution in [2.24, 2.45) is 0 Å². The summed E-state index contributed by atoms with van der Waals surface area (Å²) in [6.07, 6.45) is 1.87. The number of likely N-dealkylation sites (tertiary alicyclic amines) is 1. The molecule has 6 nitrogen and oxygen atoms in total. The van der Waals surface area contributed by atoms with Crippen LogP contribution in [0.15, 0.2) is 40.8 Å². The van der Waals surface area contributed by atoms with Gasteiger partial charge in [0, 0.05) is 17.5 Å². The highest BCUT2D eigenvalue weighted by molar-refractivity contribution is 5.99. The van der Waals surface area contributed by atoms with Crippen molar-refractivity contribution >= 4 is 16.9 Å². The molecule has 1 amide bonds.